The van der Waals surface area contributed by atoms with Crippen LogP contribution in [0, 0.1) is 0 Å². The molecule has 0 unspecified atom stereocenters. The predicted octanol–water partition coefficient (Wildman–Crippen LogP) is 9.26. The number of unbranched alkanes of at least 4 members (excludes halogenated alkanes) is 6. The first kappa shape index (κ1) is 34.8. The van der Waals surface area contributed by atoms with Gasteiger partial charge in [0.2, 0.25) is 0 Å². The zero-order valence-electron chi connectivity index (χ0n) is 20.6. The first-order valence-electron chi connectivity index (χ1n) is 12.6. The van der Waals surface area contributed by atoms with E-state index in [2.05, 4.69) is 41.5 Å². The molecule has 0 aliphatic rings. The van der Waals surface area contributed by atoms with Crippen LogP contribution in [-0.4, -0.2) is 62.0 Å². The molecule has 0 spiro atoms. The van der Waals surface area contributed by atoms with Crippen LogP contribution >= 0.6 is 0 Å². The van der Waals surface area contributed by atoms with Crippen molar-refractivity contribution in [2.45, 2.75) is 145 Å². The molecule has 0 aromatic carbocycles. The molecule has 0 saturated heterocycles. The molecule has 4 heteroatoms. The number of hydrogen-bond donors (Lipinski definition) is 0. The van der Waals surface area contributed by atoms with E-state index >= 15 is 0 Å². The van der Waals surface area contributed by atoms with Crippen LogP contribution in [0.4, 0.5) is 0 Å². The second kappa shape index (κ2) is 33.8. The summed E-state index contributed by atoms with van der Waals surface area (Å²) in [6, 6.07) is 0. The van der Waals surface area contributed by atoms with Gasteiger partial charge >= 0.3 is 210 Å². The van der Waals surface area contributed by atoms with Gasteiger partial charge < -0.3 is 0 Å². The van der Waals surface area contributed by atoms with Crippen molar-refractivity contribution >= 4 is 62.0 Å². The van der Waals surface area contributed by atoms with Gasteiger partial charge in [-0.05, 0) is 0 Å². The van der Waals surface area contributed by atoms with Gasteiger partial charge in [0.05, 0.1) is 0 Å². The average Bonchev–Trinajstić information content (AvgIpc) is 2.74. The second-order valence-electron chi connectivity index (χ2n) is 8.12. The number of hydrogen-bond acceptors (Lipinski definition) is 1. The van der Waals surface area contributed by atoms with Gasteiger partial charge in [-0.2, -0.15) is 0 Å². The summed E-state index contributed by atoms with van der Waals surface area (Å²) < 4.78 is 18.4. The fourth-order valence-corrected chi connectivity index (χ4v) is 22.2. The maximum atomic E-state index is 8.34. The molecule has 0 atom stereocenters. The predicted molar refractivity (Wildman–Crippen MR) is 136 cm³/mol. The van der Waals surface area contributed by atoms with Crippen LogP contribution in [0.2, 0.25) is 26.6 Å². The van der Waals surface area contributed by atoms with Crippen molar-refractivity contribution in [3.05, 3.63) is 0 Å². The Hall–Kier alpha value is 2.20. The van der Waals surface area contributed by atoms with E-state index in [1.807, 2.05) is 0 Å². The van der Waals surface area contributed by atoms with Crippen molar-refractivity contribution in [1.29, 1.82) is 0 Å². The van der Waals surface area contributed by atoms with E-state index in [-0.39, 0.29) is 0 Å². The Morgan fingerprint density at radius 1 is 0.393 bits per heavy atom. The van der Waals surface area contributed by atoms with Crippen molar-refractivity contribution in [1.82, 2.24) is 0 Å². The van der Waals surface area contributed by atoms with Crippen molar-refractivity contribution in [2.24, 2.45) is 0 Å². The van der Waals surface area contributed by atoms with Crippen molar-refractivity contribution in [3.8, 4) is 0 Å². The minimum atomic E-state index is -0.839. The Bertz CT molecular complexity index is 190. The van der Waals surface area contributed by atoms with E-state index in [0.29, 0.717) is 22.5 Å². The molecule has 0 rings (SSSR count). The van der Waals surface area contributed by atoms with Crippen LogP contribution in [0.25, 0.3) is 0 Å². The molecule has 4 radical (unpaired) electrons. The van der Waals surface area contributed by atoms with Crippen LogP contribution < -0.4 is 0 Å². The molecule has 0 N–H and O–H groups in total. The third-order valence-electron chi connectivity index (χ3n) is 5.30. The molecule has 1 nitrogen and oxygen atoms in total. The van der Waals surface area contributed by atoms with Crippen LogP contribution in [0.5, 0.6) is 0 Å². The summed E-state index contributed by atoms with van der Waals surface area (Å²) in [4.78, 5) is 0. The van der Waals surface area contributed by atoms with Gasteiger partial charge in [0.1, 0.15) is 0 Å². The normalized spacial score (nSPS) is 10.4. The van der Waals surface area contributed by atoms with E-state index in [1.165, 1.54) is 77.0 Å². The summed E-state index contributed by atoms with van der Waals surface area (Å²) in [7, 11) is 0. The first-order chi connectivity index (χ1) is 13.7. The fraction of sp³-hybridized carbons (Fsp3) is 1.00. The first-order valence-corrected chi connectivity index (χ1v) is 25.8. The van der Waals surface area contributed by atoms with Gasteiger partial charge in [-0.15, -0.1) is 0 Å². The molecule has 0 fully saturated rings. The minimum absolute atomic E-state index is 0.300. The fourth-order valence-electron chi connectivity index (χ4n) is 3.31. The quantitative estimate of drug-likeness (QED) is 0.130. The van der Waals surface area contributed by atoms with Gasteiger partial charge in [-0.1, -0.05) is 0 Å². The standard InChI is InChI=1S/6C4H9.O.3Sn/c6*1-3-4-2;;;;/h6*1,3-4H2,2H3;;;;. The Morgan fingerprint density at radius 3 is 0.643 bits per heavy atom. The molecule has 0 aromatic heterocycles. The molecule has 0 aliphatic carbocycles. The van der Waals surface area contributed by atoms with E-state index in [4.69, 9.17) is 3.08 Å². The maximum absolute atomic E-state index is 8.34. The summed E-state index contributed by atoms with van der Waals surface area (Å²) in [6.07, 6.45) is 17.7. The summed E-state index contributed by atoms with van der Waals surface area (Å²) in [6.45, 7) is 14.0. The Labute approximate surface area is 208 Å². The zero-order chi connectivity index (χ0) is 21.9. The SMILES string of the molecule is CCC[CH2][Sn]([CH2]CCC)[CH2]CCC.CCC[CH2][Sn]([CH2]CCC)[CH2]CCC.[O]=[Sn]. The third-order valence-corrected chi connectivity index (χ3v) is 23.5. The van der Waals surface area contributed by atoms with E-state index in [1.54, 1.807) is 26.6 Å². The summed E-state index contributed by atoms with van der Waals surface area (Å²) in [5.74, 6) is 0. The van der Waals surface area contributed by atoms with Crippen LogP contribution in [0.1, 0.15) is 119 Å². The van der Waals surface area contributed by atoms with E-state index in [9.17, 15) is 0 Å². The Morgan fingerprint density at radius 2 is 0.536 bits per heavy atom. The molecule has 0 amide bonds. The van der Waals surface area contributed by atoms with Crippen molar-refractivity contribution in [3.63, 3.8) is 0 Å². The molecule has 168 valence electrons. The van der Waals surface area contributed by atoms with Gasteiger partial charge in [-0.25, -0.2) is 0 Å². The van der Waals surface area contributed by atoms with Crippen molar-refractivity contribution in [2.75, 3.05) is 0 Å². The monoisotopic (exact) mass is 718 g/mol. The second-order valence-corrected chi connectivity index (χ2v) is 25.2. The molecule has 0 aromatic rings. The molecular formula is C24H54OSn3. The Balaban J connectivity index is -0.000000410. The molecule has 28 heavy (non-hydrogen) atoms. The van der Waals surface area contributed by atoms with Crippen molar-refractivity contribution < 1.29 is 3.08 Å². The van der Waals surface area contributed by atoms with Gasteiger partial charge in [0, 0.05) is 0 Å². The van der Waals surface area contributed by atoms with E-state index in [0.717, 1.165) is 0 Å². The molecule has 0 saturated carbocycles. The molecular weight excluding hydrogens is 660 g/mol. The molecule has 0 bridgehead atoms. The van der Waals surface area contributed by atoms with Gasteiger partial charge in [-0.3, -0.25) is 0 Å². The van der Waals surface area contributed by atoms with Gasteiger partial charge in [0.15, 0.2) is 0 Å². The zero-order valence-corrected chi connectivity index (χ0v) is 29.2. The van der Waals surface area contributed by atoms with Crippen LogP contribution in [0.3, 0.4) is 0 Å². The summed E-state index contributed by atoms with van der Waals surface area (Å²) >= 11 is -1.38. The number of rotatable bonds is 18. The van der Waals surface area contributed by atoms with Gasteiger partial charge in [0.25, 0.3) is 0 Å². The topological polar surface area (TPSA) is 17.1 Å². The molecule has 0 aliphatic heterocycles. The summed E-state index contributed by atoms with van der Waals surface area (Å²) in [5.41, 5.74) is 0. The summed E-state index contributed by atoms with van der Waals surface area (Å²) in [5, 5.41) is 0. The Kier molecular flexibility index (Phi) is 42.0. The third kappa shape index (κ3) is 30.4. The van der Waals surface area contributed by atoms with Crippen LogP contribution in [0.15, 0.2) is 0 Å². The van der Waals surface area contributed by atoms with E-state index < -0.39 is 39.5 Å². The molecule has 0 heterocycles. The van der Waals surface area contributed by atoms with Crippen LogP contribution in [-0.2, 0) is 3.08 Å². The average molecular weight is 715 g/mol.